The Kier molecular flexibility index (Phi) is 4.22. The Morgan fingerprint density at radius 3 is 2.40 bits per heavy atom. The molecule has 104 valence electrons. The Bertz CT molecular complexity index is 676. The van der Waals surface area contributed by atoms with E-state index in [0.29, 0.717) is 0 Å². The SMILES string of the molecule is O=[N+]([O-])c1cc(Cl)c(Oc2nc(Cl)ncc2F)c(Cl)c1. The molecule has 0 spiro atoms. The predicted molar refractivity (Wildman–Crippen MR) is 70.2 cm³/mol. The van der Waals surface area contributed by atoms with Crippen LogP contribution in [0.5, 0.6) is 11.6 Å². The minimum absolute atomic E-state index is 0.168. The molecule has 0 aliphatic carbocycles. The number of rotatable bonds is 3. The zero-order valence-electron chi connectivity index (χ0n) is 9.31. The quantitative estimate of drug-likeness (QED) is 0.474. The van der Waals surface area contributed by atoms with E-state index in [-0.39, 0.29) is 26.8 Å². The third-order valence-corrected chi connectivity index (χ3v) is 2.82. The summed E-state index contributed by atoms with van der Waals surface area (Å²) in [7, 11) is 0. The molecule has 1 heterocycles. The van der Waals surface area contributed by atoms with Crippen LogP contribution in [0.3, 0.4) is 0 Å². The van der Waals surface area contributed by atoms with E-state index in [0.717, 1.165) is 18.3 Å². The van der Waals surface area contributed by atoms with Crippen LogP contribution in [0.1, 0.15) is 0 Å². The highest BCUT2D eigenvalue weighted by molar-refractivity contribution is 6.37. The van der Waals surface area contributed by atoms with Crippen molar-refractivity contribution in [2.24, 2.45) is 0 Å². The van der Waals surface area contributed by atoms with Crippen molar-refractivity contribution < 1.29 is 14.1 Å². The summed E-state index contributed by atoms with van der Waals surface area (Å²) in [6.07, 6.45) is 0.803. The normalized spacial score (nSPS) is 10.4. The van der Waals surface area contributed by atoms with Crippen molar-refractivity contribution in [3.63, 3.8) is 0 Å². The number of aromatic nitrogens is 2. The average Bonchev–Trinajstić information content (AvgIpc) is 2.37. The molecule has 0 fully saturated rings. The summed E-state index contributed by atoms with van der Waals surface area (Å²) in [6.45, 7) is 0. The van der Waals surface area contributed by atoms with Crippen LogP contribution in [0.4, 0.5) is 10.1 Å². The Morgan fingerprint density at radius 1 is 1.25 bits per heavy atom. The fourth-order valence-electron chi connectivity index (χ4n) is 1.25. The second kappa shape index (κ2) is 5.74. The standard InChI is InChI=1S/C10H3Cl3FN3O3/c11-5-1-4(17(18)19)2-6(12)8(5)20-9-7(14)3-15-10(13)16-9/h1-3H. The lowest BCUT2D eigenvalue weighted by molar-refractivity contribution is -0.384. The van der Waals surface area contributed by atoms with Gasteiger partial charge in [-0.1, -0.05) is 23.2 Å². The van der Waals surface area contributed by atoms with Gasteiger partial charge in [0.15, 0.2) is 5.75 Å². The van der Waals surface area contributed by atoms with Crippen molar-refractivity contribution >= 4 is 40.5 Å². The third-order valence-electron chi connectivity index (χ3n) is 2.08. The molecule has 2 rings (SSSR count). The van der Waals surface area contributed by atoms with Crippen molar-refractivity contribution in [2.75, 3.05) is 0 Å². The summed E-state index contributed by atoms with van der Waals surface area (Å²) < 4.78 is 18.5. The highest BCUT2D eigenvalue weighted by atomic mass is 35.5. The van der Waals surface area contributed by atoms with Gasteiger partial charge in [-0.2, -0.15) is 9.37 Å². The number of hydrogen-bond acceptors (Lipinski definition) is 5. The molecule has 0 aliphatic rings. The first kappa shape index (κ1) is 14.7. The fraction of sp³-hybridized carbons (Fsp3) is 0. The van der Waals surface area contributed by atoms with Gasteiger partial charge in [-0.3, -0.25) is 10.1 Å². The first-order valence-corrected chi connectivity index (χ1v) is 6.01. The number of non-ortho nitro benzene ring substituents is 1. The number of benzene rings is 1. The minimum atomic E-state index is -0.889. The first-order valence-electron chi connectivity index (χ1n) is 4.88. The summed E-state index contributed by atoms with van der Waals surface area (Å²) in [5.41, 5.74) is -0.325. The second-order valence-corrected chi connectivity index (χ2v) is 4.54. The second-order valence-electron chi connectivity index (χ2n) is 3.39. The van der Waals surface area contributed by atoms with Gasteiger partial charge in [0.25, 0.3) is 11.6 Å². The molecule has 1 aromatic heterocycles. The zero-order valence-corrected chi connectivity index (χ0v) is 11.6. The summed E-state index contributed by atoms with van der Waals surface area (Å²) in [4.78, 5) is 16.9. The molecule has 0 aliphatic heterocycles. The van der Waals surface area contributed by atoms with E-state index >= 15 is 0 Å². The number of nitro groups is 1. The lowest BCUT2D eigenvalue weighted by atomic mass is 10.3. The number of ether oxygens (including phenoxy) is 1. The molecule has 0 radical (unpaired) electrons. The van der Waals surface area contributed by atoms with Crippen molar-refractivity contribution in [3.05, 3.63) is 49.6 Å². The molecule has 0 saturated carbocycles. The molecule has 0 atom stereocenters. The summed E-state index contributed by atoms with van der Waals surface area (Å²) >= 11 is 17.1. The van der Waals surface area contributed by atoms with E-state index in [2.05, 4.69) is 9.97 Å². The molecule has 0 unspecified atom stereocenters. The topological polar surface area (TPSA) is 78.2 Å². The Hall–Kier alpha value is -1.70. The maximum absolute atomic E-state index is 13.4. The predicted octanol–water partition coefficient (Wildman–Crippen LogP) is 4.28. The van der Waals surface area contributed by atoms with Gasteiger partial charge >= 0.3 is 0 Å². The van der Waals surface area contributed by atoms with E-state index in [9.17, 15) is 14.5 Å². The van der Waals surface area contributed by atoms with E-state index in [1.807, 2.05) is 0 Å². The van der Waals surface area contributed by atoms with Crippen LogP contribution in [0.15, 0.2) is 18.3 Å². The number of halogens is 4. The number of nitrogens with zero attached hydrogens (tertiary/aromatic N) is 3. The summed E-state index contributed by atoms with van der Waals surface area (Å²) in [5, 5.41) is 10.0. The van der Waals surface area contributed by atoms with Gasteiger partial charge in [0.1, 0.15) is 0 Å². The Morgan fingerprint density at radius 2 is 1.85 bits per heavy atom. The molecular weight excluding hydrogens is 335 g/mol. The van der Waals surface area contributed by atoms with Gasteiger partial charge in [0.05, 0.1) is 21.2 Å². The van der Waals surface area contributed by atoms with E-state index in [4.69, 9.17) is 39.5 Å². The molecule has 6 nitrogen and oxygen atoms in total. The highest BCUT2D eigenvalue weighted by Gasteiger charge is 2.18. The van der Waals surface area contributed by atoms with E-state index < -0.39 is 16.6 Å². The summed E-state index contributed by atoms with van der Waals surface area (Å²) in [6, 6.07) is 2.03. The molecule has 10 heteroatoms. The maximum atomic E-state index is 13.4. The van der Waals surface area contributed by atoms with Gasteiger partial charge in [-0.25, -0.2) is 4.98 Å². The van der Waals surface area contributed by atoms with Gasteiger partial charge in [-0.15, -0.1) is 0 Å². The van der Waals surface area contributed by atoms with Crippen LogP contribution >= 0.6 is 34.8 Å². The van der Waals surface area contributed by atoms with Crippen LogP contribution in [0.2, 0.25) is 15.3 Å². The summed E-state index contributed by atoms with van der Waals surface area (Å²) in [5.74, 6) is -1.56. The molecule has 0 saturated heterocycles. The van der Waals surface area contributed by atoms with Crippen molar-refractivity contribution in [3.8, 4) is 11.6 Å². The molecule has 0 N–H and O–H groups in total. The molecule has 0 amide bonds. The van der Waals surface area contributed by atoms with Gasteiger partial charge in [-0.05, 0) is 11.6 Å². The molecule has 2 aromatic rings. The average molecular weight is 339 g/mol. The first-order chi connectivity index (χ1) is 9.38. The van der Waals surface area contributed by atoms with Crippen molar-refractivity contribution in [1.29, 1.82) is 0 Å². The van der Waals surface area contributed by atoms with Crippen LogP contribution in [0.25, 0.3) is 0 Å². The van der Waals surface area contributed by atoms with Crippen LogP contribution in [-0.2, 0) is 0 Å². The minimum Gasteiger partial charge on any atom is -0.433 e. The van der Waals surface area contributed by atoms with Crippen LogP contribution in [-0.4, -0.2) is 14.9 Å². The molecule has 20 heavy (non-hydrogen) atoms. The van der Waals surface area contributed by atoms with E-state index in [1.165, 1.54) is 0 Å². The smallest absolute Gasteiger partial charge is 0.272 e. The zero-order chi connectivity index (χ0) is 14.9. The maximum Gasteiger partial charge on any atom is 0.272 e. The number of hydrogen-bond donors (Lipinski definition) is 0. The molecular formula is C10H3Cl3FN3O3. The van der Waals surface area contributed by atoms with Crippen molar-refractivity contribution in [1.82, 2.24) is 9.97 Å². The highest BCUT2D eigenvalue weighted by Crippen LogP contribution is 2.39. The Balaban J connectivity index is 2.44. The molecule has 1 aromatic carbocycles. The van der Waals surface area contributed by atoms with Crippen molar-refractivity contribution in [2.45, 2.75) is 0 Å². The van der Waals surface area contributed by atoms with Crippen LogP contribution < -0.4 is 4.74 Å². The molecule has 0 bridgehead atoms. The number of nitro benzene ring substituents is 1. The van der Waals surface area contributed by atoms with Gasteiger partial charge < -0.3 is 4.74 Å². The fourth-order valence-corrected chi connectivity index (χ4v) is 1.93. The Labute approximate surface area is 126 Å². The lowest BCUT2D eigenvalue weighted by Crippen LogP contribution is -1.96. The van der Waals surface area contributed by atoms with Crippen LogP contribution in [0, 0.1) is 15.9 Å². The lowest BCUT2D eigenvalue weighted by Gasteiger charge is -2.09. The monoisotopic (exact) mass is 337 g/mol. The largest absolute Gasteiger partial charge is 0.433 e. The van der Waals surface area contributed by atoms with Gasteiger partial charge in [0.2, 0.25) is 11.1 Å². The third kappa shape index (κ3) is 3.06. The van der Waals surface area contributed by atoms with E-state index in [1.54, 1.807) is 0 Å². The van der Waals surface area contributed by atoms with Gasteiger partial charge in [0, 0.05) is 12.1 Å².